The molecule has 0 spiro atoms. The van der Waals surface area contributed by atoms with E-state index in [0.717, 1.165) is 16.4 Å². The van der Waals surface area contributed by atoms with Gasteiger partial charge in [-0.15, -0.1) is 10.2 Å². The molecule has 1 amide bonds. The molecule has 5 aromatic rings. The van der Waals surface area contributed by atoms with Gasteiger partial charge in [-0.1, -0.05) is 6.07 Å². The number of pyridine rings is 1. The van der Waals surface area contributed by atoms with Crippen LogP contribution in [0.1, 0.15) is 52.5 Å². The van der Waals surface area contributed by atoms with Crippen LogP contribution in [-0.2, 0) is 6.42 Å². The maximum absolute atomic E-state index is 13.5. The van der Waals surface area contributed by atoms with Gasteiger partial charge in [0.25, 0.3) is 12.3 Å². The molecular weight excluding hydrogens is 486 g/mol. The third-order valence-electron chi connectivity index (χ3n) is 5.86. The quantitative estimate of drug-likeness (QED) is 0.366. The number of H-pyrrole nitrogens is 1. The van der Waals surface area contributed by atoms with Crippen LogP contribution in [-0.4, -0.2) is 56.9 Å². The minimum absolute atomic E-state index is 0.0217. The van der Waals surface area contributed by atoms with Gasteiger partial charge in [0.05, 0.1) is 23.2 Å². The number of hydrogen-bond acceptors (Lipinski definition) is 7. The van der Waals surface area contributed by atoms with E-state index in [1.807, 2.05) is 0 Å². The van der Waals surface area contributed by atoms with Crippen LogP contribution in [0.3, 0.4) is 0 Å². The van der Waals surface area contributed by atoms with Crippen molar-refractivity contribution >= 4 is 11.4 Å². The number of nitrogens with one attached hydrogen (secondary N) is 1. The van der Waals surface area contributed by atoms with Crippen LogP contribution >= 0.6 is 0 Å². The summed E-state index contributed by atoms with van der Waals surface area (Å²) in [5, 5.41) is 15.6. The van der Waals surface area contributed by atoms with Gasteiger partial charge < -0.3 is 14.3 Å². The van der Waals surface area contributed by atoms with Crippen molar-refractivity contribution in [1.29, 1.82) is 0 Å². The molecule has 1 atom stereocenters. The predicted octanol–water partition coefficient (Wildman–Crippen LogP) is 3.42. The normalized spacial score (nSPS) is 15.8. The molecule has 6 heterocycles. The zero-order valence-corrected chi connectivity index (χ0v) is 18.1. The first-order valence-corrected chi connectivity index (χ1v) is 10.7. The van der Waals surface area contributed by atoms with Gasteiger partial charge in [-0.05, 0) is 24.3 Å². The Labute approximate surface area is 198 Å². The second kappa shape index (κ2) is 8.28. The smallest absolute Gasteiger partial charge is 0.333 e. The molecule has 11 nitrogen and oxygen atoms in total. The molecule has 0 bridgehead atoms. The van der Waals surface area contributed by atoms with E-state index in [1.165, 1.54) is 29.4 Å². The minimum Gasteiger partial charge on any atom is -0.411 e. The summed E-state index contributed by atoms with van der Waals surface area (Å²) >= 11 is 0. The minimum atomic E-state index is -2.85. The topological polar surface area (TPSA) is 123 Å². The van der Waals surface area contributed by atoms with E-state index in [9.17, 15) is 22.4 Å². The lowest BCUT2D eigenvalue weighted by Crippen LogP contribution is -2.41. The van der Waals surface area contributed by atoms with E-state index in [-0.39, 0.29) is 23.8 Å². The number of carbonyl (C=O) groups excluding carboxylic acids is 1. The second-order valence-corrected chi connectivity index (χ2v) is 7.95. The molecule has 184 valence electrons. The van der Waals surface area contributed by atoms with E-state index in [0.29, 0.717) is 28.0 Å². The Kier molecular flexibility index (Phi) is 5.05. The number of carbonyl (C=O) groups is 1. The number of nitrogens with zero attached hydrogens (tertiary/aromatic N) is 8. The van der Waals surface area contributed by atoms with Crippen molar-refractivity contribution in [3.8, 4) is 11.6 Å². The Morgan fingerprint density at radius 3 is 2.78 bits per heavy atom. The average molecular weight is 501 g/mol. The van der Waals surface area contributed by atoms with E-state index in [2.05, 4.69) is 30.4 Å². The standard InChI is InChI=1S/C21H15F4N9O2/c22-17(23)14-3-1-2-10-8-13(31-34(10)14)16-15-11(26-9-27-15)4-6-32(16)20(35)19-29-28-18(36-19)12-5-7-33(30-12)21(24)25/h1-3,5,7-9,16-17,21H,4,6H2,(H,26,27)/t16-/m0/s1. The van der Waals surface area contributed by atoms with Gasteiger partial charge in [-0.3, -0.25) is 4.79 Å². The van der Waals surface area contributed by atoms with E-state index in [4.69, 9.17) is 4.42 Å². The molecular formula is C21H15F4N9O2. The number of alkyl halides is 4. The summed E-state index contributed by atoms with van der Waals surface area (Å²) in [4.78, 5) is 22.2. The first-order valence-electron chi connectivity index (χ1n) is 10.7. The molecule has 0 aliphatic carbocycles. The van der Waals surface area contributed by atoms with Crippen LogP contribution in [0.5, 0.6) is 0 Å². The van der Waals surface area contributed by atoms with Gasteiger partial charge in [0.2, 0.25) is 0 Å². The van der Waals surface area contributed by atoms with Gasteiger partial charge in [-0.25, -0.2) is 23.0 Å². The van der Waals surface area contributed by atoms with Gasteiger partial charge in [0.15, 0.2) is 0 Å². The summed E-state index contributed by atoms with van der Waals surface area (Å²) in [6.45, 7) is -2.64. The molecule has 0 aromatic carbocycles. The van der Waals surface area contributed by atoms with Crippen molar-refractivity contribution in [3.63, 3.8) is 0 Å². The number of amides is 1. The van der Waals surface area contributed by atoms with Crippen LogP contribution in [0.2, 0.25) is 0 Å². The fraction of sp³-hybridized carbons (Fsp3) is 0.238. The van der Waals surface area contributed by atoms with Gasteiger partial charge in [0.1, 0.15) is 17.4 Å². The molecule has 15 heteroatoms. The molecule has 1 N–H and O–H groups in total. The first kappa shape index (κ1) is 21.9. The van der Waals surface area contributed by atoms with Crippen LogP contribution < -0.4 is 0 Å². The summed E-state index contributed by atoms with van der Waals surface area (Å²) in [5.41, 5.74) is 1.71. The lowest BCUT2D eigenvalue weighted by molar-refractivity contribution is 0.0566. The Morgan fingerprint density at radius 1 is 1.14 bits per heavy atom. The van der Waals surface area contributed by atoms with Gasteiger partial charge in [0, 0.05) is 24.9 Å². The number of hydrogen-bond donors (Lipinski definition) is 1. The van der Waals surface area contributed by atoms with Crippen molar-refractivity contribution in [1.82, 2.24) is 44.5 Å². The summed E-state index contributed by atoms with van der Waals surface area (Å²) < 4.78 is 59.7. The molecule has 1 aliphatic heterocycles. The molecule has 0 saturated carbocycles. The monoisotopic (exact) mass is 501 g/mol. The summed E-state index contributed by atoms with van der Waals surface area (Å²) in [6, 6.07) is 6.44. The van der Waals surface area contributed by atoms with Crippen molar-refractivity contribution in [2.75, 3.05) is 6.54 Å². The Hall–Kier alpha value is -4.56. The SMILES string of the molecule is O=C(c1nnc(-c2ccn(C(F)F)n2)o1)N1CCc2[nH]cnc2[C@@H]1c1cc2cccc(C(F)F)n2n1. The molecule has 6 rings (SSSR count). The van der Waals surface area contributed by atoms with Gasteiger partial charge >= 0.3 is 18.3 Å². The van der Waals surface area contributed by atoms with Crippen LogP contribution in [0, 0.1) is 0 Å². The molecule has 1 aliphatic rings. The highest BCUT2D eigenvalue weighted by Crippen LogP contribution is 2.35. The summed E-state index contributed by atoms with van der Waals surface area (Å²) in [6.07, 6.45) is 0.211. The number of halogens is 4. The third-order valence-corrected chi connectivity index (χ3v) is 5.86. The van der Waals surface area contributed by atoms with Crippen molar-refractivity contribution in [3.05, 3.63) is 71.5 Å². The highest BCUT2D eigenvalue weighted by molar-refractivity contribution is 5.90. The molecule has 0 saturated heterocycles. The number of fused-ring (bicyclic) bond motifs is 2. The maximum Gasteiger partial charge on any atom is 0.333 e. The largest absolute Gasteiger partial charge is 0.411 e. The van der Waals surface area contributed by atoms with Crippen LogP contribution in [0.15, 0.2) is 47.3 Å². The summed E-state index contributed by atoms with van der Waals surface area (Å²) in [5.74, 6) is -1.26. The van der Waals surface area contributed by atoms with Crippen LogP contribution in [0.25, 0.3) is 17.1 Å². The number of rotatable bonds is 5. The Bertz CT molecular complexity index is 1570. The third kappa shape index (κ3) is 3.50. The van der Waals surface area contributed by atoms with E-state index >= 15 is 0 Å². The first-order chi connectivity index (χ1) is 17.4. The van der Waals surface area contributed by atoms with E-state index in [1.54, 1.807) is 12.1 Å². The van der Waals surface area contributed by atoms with Crippen molar-refractivity contribution < 1.29 is 26.8 Å². The predicted molar refractivity (Wildman–Crippen MR) is 112 cm³/mol. The maximum atomic E-state index is 13.5. The zero-order valence-electron chi connectivity index (χ0n) is 18.1. The fourth-order valence-corrected chi connectivity index (χ4v) is 4.25. The number of aromatic nitrogens is 8. The molecule has 0 unspecified atom stereocenters. The van der Waals surface area contributed by atoms with E-state index < -0.39 is 30.8 Å². The van der Waals surface area contributed by atoms with Crippen molar-refractivity contribution in [2.24, 2.45) is 0 Å². The highest BCUT2D eigenvalue weighted by atomic mass is 19.3. The average Bonchev–Trinajstić information content (AvgIpc) is 3.66. The van der Waals surface area contributed by atoms with Gasteiger partial charge in [-0.2, -0.15) is 19.0 Å². The molecule has 0 fully saturated rings. The Balaban J connectivity index is 1.38. The molecule has 5 aromatic heterocycles. The lowest BCUT2D eigenvalue weighted by atomic mass is 9.99. The Morgan fingerprint density at radius 2 is 2.00 bits per heavy atom. The second-order valence-electron chi connectivity index (χ2n) is 7.95. The highest BCUT2D eigenvalue weighted by Gasteiger charge is 2.38. The van der Waals surface area contributed by atoms with Crippen molar-refractivity contribution in [2.45, 2.75) is 25.4 Å². The lowest BCUT2D eigenvalue weighted by Gasteiger charge is -2.32. The number of aromatic amines is 1. The molecule has 36 heavy (non-hydrogen) atoms. The number of imidazole rings is 1. The molecule has 0 radical (unpaired) electrons. The zero-order chi connectivity index (χ0) is 25.0. The fourth-order valence-electron chi connectivity index (χ4n) is 4.25. The summed E-state index contributed by atoms with van der Waals surface area (Å²) in [7, 11) is 0. The van der Waals surface area contributed by atoms with Crippen LogP contribution in [0.4, 0.5) is 17.6 Å².